The van der Waals surface area contributed by atoms with Crippen LogP contribution in [0.25, 0.3) is 0 Å². The highest BCUT2D eigenvalue weighted by molar-refractivity contribution is 6.14. The largest absolute Gasteiger partial charge is 0.248 e. The minimum absolute atomic E-state index is 0.973. The molecule has 0 aliphatic heterocycles. The van der Waals surface area contributed by atoms with Gasteiger partial charge in [-0.1, -0.05) is 72.3 Å². The molecule has 0 amide bonds. The molecule has 0 fully saturated rings. The van der Waals surface area contributed by atoms with Gasteiger partial charge in [0.25, 0.3) is 0 Å². The Morgan fingerprint density at radius 1 is 0.682 bits per heavy atom. The van der Waals surface area contributed by atoms with Crippen LogP contribution in [-0.2, 0) is 0 Å². The highest BCUT2D eigenvalue weighted by Gasteiger charge is 2.09. The Hall–Kier alpha value is -2.67. The van der Waals surface area contributed by atoms with Crippen molar-refractivity contribution in [3.63, 3.8) is 0 Å². The summed E-state index contributed by atoms with van der Waals surface area (Å²) < 4.78 is 0. The van der Waals surface area contributed by atoms with E-state index in [9.17, 15) is 0 Å². The zero-order valence-corrected chi connectivity index (χ0v) is 13.0. The van der Waals surface area contributed by atoms with Gasteiger partial charge in [0.2, 0.25) is 0 Å². The summed E-state index contributed by atoms with van der Waals surface area (Å²) in [5.41, 5.74) is 6.80. The maximum Gasteiger partial charge on any atom is 0.0784 e. The summed E-state index contributed by atoms with van der Waals surface area (Å²) >= 11 is 0. The highest BCUT2D eigenvalue weighted by Crippen LogP contribution is 2.20. The van der Waals surface area contributed by atoms with Gasteiger partial charge in [-0.2, -0.15) is 0 Å². The second-order valence-corrected chi connectivity index (χ2v) is 5.48. The van der Waals surface area contributed by atoms with Gasteiger partial charge < -0.3 is 0 Å². The fourth-order valence-corrected chi connectivity index (χ4v) is 2.46. The fourth-order valence-electron chi connectivity index (χ4n) is 2.46. The lowest BCUT2D eigenvalue weighted by Gasteiger charge is -2.11. The van der Waals surface area contributed by atoms with Crippen molar-refractivity contribution in [1.82, 2.24) is 0 Å². The lowest BCUT2D eigenvalue weighted by atomic mass is 9.97. The van der Waals surface area contributed by atoms with Crippen LogP contribution in [0.1, 0.15) is 22.3 Å². The fraction of sp³-hybridized carbons (Fsp3) is 0.0952. The van der Waals surface area contributed by atoms with Crippen LogP contribution < -0.4 is 0 Å². The minimum atomic E-state index is 0.973. The van der Waals surface area contributed by atoms with E-state index in [0.29, 0.717) is 0 Å². The Bertz CT molecular complexity index is 784. The summed E-state index contributed by atoms with van der Waals surface area (Å²) in [4.78, 5) is 4.91. The summed E-state index contributed by atoms with van der Waals surface area (Å²) in [6.07, 6.45) is 0. The van der Waals surface area contributed by atoms with Gasteiger partial charge in [-0.3, -0.25) is 0 Å². The molecule has 108 valence electrons. The van der Waals surface area contributed by atoms with Crippen molar-refractivity contribution in [2.75, 3.05) is 0 Å². The first kappa shape index (κ1) is 14.3. The third-order valence-electron chi connectivity index (χ3n) is 3.72. The normalized spacial score (nSPS) is 11.5. The number of nitrogens with zero attached hydrogens (tertiary/aromatic N) is 1. The number of hydrogen-bond donors (Lipinski definition) is 0. The van der Waals surface area contributed by atoms with Crippen LogP contribution in [0, 0.1) is 13.8 Å². The zero-order chi connectivity index (χ0) is 15.4. The van der Waals surface area contributed by atoms with Crippen LogP contribution in [0.2, 0.25) is 0 Å². The molecule has 3 aromatic rings. The van der Waals surface area contributed by atoms with Gasteiger partial charge in [0.05, 0.1) is 11.4 Å². The highest BCUT2D eigenvalue weighted by atomic mass is 14.7. The molecule has 0 saturated carbocycles. The minimum Gasteiger partial charge on any atom is -0.248 e. The van der Waals surface area contributed by atoms with Crippen LogP contribution in [0.15, 0.2) is 83.9 Å². The van der Waals surface area contributed by atoms with Gasteiger partial charge in [-0.25, -0.2) is 4.99 Å². The van der Waals surface area contributed by atoms with E-state index in [1.165, 1.54) is 16.7 Å². The molecular weight excluding hydrogens is 266 g/mol. The van der Waals surface area contributed by atoms with Crippen molar-refractivity contribution in [2.45, 2.75) is 13.8 Å². The SMILES string of the molecule is Cc1ccc(C(=Nc2ccccc2)c2ccccc2C)cc1. The molecule has 22 heavy (non-hydrogen) atoms. The summed E-state index contributed by atoms with van der Waals surface area (Å²) in [6.45, 7) is 4.23. The maximum atomic E-state index is 4.91. The topological polar surface area (TPSA) is 12.4 Å². The number of benzene rings is 3. The van der Waals surface area contributed by atoms with E-state index in [1.807, 2.05) is 30.3 Å². The molecular formula is C21H19N. The molecule has 0 aliphatic rings. The number of rotatable bonds is 3. The maximum absolute atomic E-state index is 4.91. The van der Waals surface area contributed by atoms with Gasteiger partial charge in [0, 0.05) is 11.1 Å². The second-order valence-electron chi connectivity index (χ2n) is 5.48. The molecule has 1 nitrogen and oxygen atoms in total. The van der Waals surface area contributed by atoms with Crippen LogP contribution >= 0.6 is 0 Å². The third kappa shape index (κ3) is 3.15. The first-order chi connectivity index (χ1) is 10.7. The molecule has 0 saturated heterocycles. The molecule has 0 aliphatic carbocycles. The van der Waals surface area contributed by atoms with Gasteiger partial charge >= 0.3 is 0 Å². The molecule has 0 N–H and O–H groups in total. The third-order valence-corrected chi connectivity index (χ3v) is 3.72. The predicted octanol–water partition coefficient (Wildman–Crippen LogP) is 5.47. The van der Waals surface area contributed by atoms with Gasteiger partial charge in [0.1, 0.15) is 0 Å². The van der Waals surface area contributed by atoms with E-state index in [1.54, 1.807) is 0 Å². The van der Waals surface area contributed by atoms with E-state index in [4.69, 9.17) is 4.99 Å². The Balaban J connectivity index is 2.17. The number of para-hydroxylation sites is 1. The molecule has 0 heterocycles. The zero-order valence-electron chi connectivity index (χ0n) is 13.0. The van der Waals surface area contributed by atoms with E-state index < -0.39 is 0 Å². The van der Waals surface area contributed by atoms with E-state index in [0.717, 1.165) is 17.0 Å². The summed E-state index contributed by atoms with van der Waals surface area (Å²) in [6, 6.07) is 27.1. The molecule has 0 unspecified atom stereocenters. The predicted molar refractivity (Wildman–Crippen MR) is 94.1 cm³/mol. The van der Waals surface area contributed by atoms with E-state index in [-0.39, 0.29) is 0 Å². The van der Waals surface area contributed by atoms with Crippen molar-refractivity contribution in [3.8, 4) is 0 Å². The van der Waals surface area contributed by atoms with Crippen molar-refractivity contribution in [3.05, 3.63) is 101 Å². The average molecular weight is 285 g/mol. The molecule has 0 radical (unpaired) electrons. The lowest BCUT2D eigenvalue weighted by molar-refractivity contribution is 1.39. The molecule has 0 spiro atoms. The first-order valence-electron chi connectivity index (χ1n) is 7.51. The Morgan fingerprint density at radius 3 is 2.00 bits per heavy atom. The number of aliphatic imine (C=N–C) groups is 1. The quantitative estimate of drug-likeness (QED) is 0.566. The molecule has 1 heteroatoms. The van der Waals surface area contributed by atoms with Crippen LogP contribution in [-0.4, -0.2) is 5.71 Å². The van der Waals surface area contributed by atoms with Gasteiger partial charge in [0.15, 0.2) is 0 Å². The standard InChI is InChI=1S/C21H19N/c1-16-12-14-18(15-13-16)21(20-11-7-6-8-17(20)2)22-19-9-4-3-5-10-19/h3-15H,1-2H3. The molecule has 3 rings (SSSR count). The Kier molecular flexibility index (Phi) is 4.15. The summed E-state index contributed by atoms with van der Waals surface area (Å²) in [5.74, 6) is 0. The van der Waals surface area contributed by atoms with Crippen molar-refractivity contribution in [2.24, 2.45) is 4.99 Å². The van der Waals surface area contributed by atoms with E-state index in [2.05, 4.69) is 62.4 Å². The van der Waals surface area contributed by atoms with Crippen LogP contribution in [0.4, 0.5) is 5.69 Å². The Morgan fingerprint density at radius 2 is 1.32 bits per heavy atom. The Labute approximate surface area is 132 Å². The van der Waals surface area contributed by atoms with Gasteiger partial charge in [-0.15, -0.1) is 0 Å². The molecule has 0 atom stereocenters. The average Bonchev–Trinajstić information content (AvgIpc) is 2.55. The second kappa shape index (κ2) is 6.40. The van der Waals surface area contributed by atoms with Crippen molar-refractivity contribution in [1.29, 1.82) is 0 Å². The summed E-state index contributed by atoms with van der Waals surface area (Å²) in [7, 11) is 0. The molecule has 3 aromatic carbocycles. The number of aryl methyl sites for hydroxylation is 2. The first-order valence-corrected chi connectivity index (χ1v) is 7.51. The van der Waals surface area contributed by atoms with Crippen LogP contribution in [0.3, 0.4) is 0 Å². The van der Waals surface area contributed by atoms with E-state index >= 15 is 0 Å². The monoisotopic (exact) mass is 285 g/mol. The summed E-state index contributed by atoms with van der Waals surface area (Å²) in [5, 5.41) is 0. The van der Waals surface area contributed by atoms with Crippen molar-refractivity contribution >= 4 is 11.4 Å². The molecule has 0 aromatic heterocycles. The lowest BCUT2D eigenvalue weighted by Crippen LogP contribution is -2.05. The molecule has 0 bridgehead atoms. The number of hydrogen-bond acceptors (Lipinski definition) is 1. The van der Waals surface area contributed by atoms with Crippen molar-refractivity contribution < 1.29 is 0 Å². The van der Waals surface area contributed by atoms with Crippen LogP contribution in [0.5, 0.6) is 0 Å². The van der Waals surface area contributed by atoms with Gasteiger partial charge in [-0.05, 0) is 31.5 Å². The smallest absolute Gasteiger partial charge is 0.0784 e.